The smallest absolute Gasteiger partial charge is 0.154 e. The zero-order valence-electron chi connectivity index (χ0n) is 10.7. The van der Waals surface area contributed by atoms with Crippen molar-refractivity contribution in [2.75, 3.05) is 12.3 Å². The number of fused-ring (bicyclic) bond motifs is 1. The van der Waals surface area contributed by atoms with Crippen molar-refractivity contribution >= 4 is 11.3 Å². The van der Waals surface area contributed by atoms with Gasteiger partial charge >= 0.3 is 0 Å². The number of alkyl halides is 1. The summed E-state index contributed by atoms with van der Waals surface area (Å²) < 4.78 is 34.9. The standard InChI is InChI=1S/C12H14F2N4O2/c1-5-8(3-19)20-11(9(5)14)7-2-6(13)10-12(15)16-4-17-18(7)10/h2,4-5,8-9,11,19H,3H2,1H3,(H2,15,16,17)/t5-,8-,9+,11+/m1/s1. The van der Waals surface area contributed by atoms with Crippen LogP contribution in [0.1, 0.15) is 18.7 Å². The maximum atomic E-state index is 14.3. The molecule has 8 heteroatoms. The van der Waals surface area contributed by atoms with Crippen LogP contribution in [0.25, 0.3) is 5.52 Å². The van der Waals surface area contributed by atoms with Gasteiger partial charge in [-0.1, -0.05) is 6.92 Å². The fourth-order valence-electron chi connectivity index (χ4n) is 2.56. The van der Waals surface area contributed by atoms with Crippen LogP contribution in [-0.2, 0) is 4.74 Å². The van der Waals surface area contributed by atoms with Crippen LogP contribution in [0.3, 0.4) is 0 Å². The Morgan fingerprint density at radius 2 is 2.30 bits per heavy atom. The van der Waals surface area contributed by atoms with E-state index in [2.05, 4.69) is 10.1 Å². The number of nitrogen functional groups attached to an aromatic ring is 1. The number of aliphatic hydroxyl groups excluding tert-OH is 1. The van der Waals surface area contributed by atoms with E-state index in [1.165, 1.54) is 10.8 Å². The zero-order valence-corrected chi connectivity index (χ0v) is 10.7. The van der Waals surface area contributed by atoms with E-state index in [-0.39, 0.29) is 23.6 Å². The van der Waals surface area contributed by atoms with Gasteiger partial charge in [-0.15, -0.1) is 0 Å². The van der Waals surface area contributed by atoms with Crippen LogP contribution in [0, 0.1) is 11.7 Å². The Balaban J connectivity index is 2.10. The fourth-order valence-corrected chi connectivity index (χ4v) is 2.56. The minimum atomic E-state index is -1.36. The number of hydrogen-bond acceptors (Lipinski definition) is 5. The third-order valence-electron chi connectivity index (χ3n) is 3.73. The highest BCUT2D eigenvalue weighted by Gasteiger charge is 2.44. The first kappa shape index (κ1) is 13.2. The van der Waals surface area contributed by atoms with E-state index in [1.807, 2.05) is 0 Å². The topological polar surface area (TPSA) is 85.7 Å². The number of nitrogens with two attached hydrogens (primary N) is 1. The summed E-state index contributed by atoms with van der Waals surface area (Å²) in [4.78, 5) is 3.70. The third-order valence-corrected chi connectivity index (χ3v) is 3.73. The van der Waals surface area contributed by atoms with E-state index in [4.69, 9.17) is 15.6 Å². The minimum Gasteiger partial charge on any atom is -0.394 e. The predicted octanol–water partition coefficient (Wildman–Crippen LogP) is 0.857. The Hall–Kier alpha value is -1.80. The lowest BCUT2D eigenvalue weighted by atomic mass is 9.99. The molecule has 3 rings (SSSR count). The highest BCUT2D eigenvalue weighted by atomic mass is 19.1. The molecule has 0 saturated carbocycles. The third kappa shape index (κ3) is 1.75. The first-order chi connectivity index (χ1) is 9.54. The van der Waals surface area contributed by atoms with Crippen LogP contribution >= 0.6 is 0 Å². The van der Waals surface area contributed by atoms with Gasteiger partial charge in [-0.3, -0.25) is 0 Å². The summed E-state index contributed by atoms with van der Waals surface area (Å²) in [6, 6.07) is 1.14. The SMILES string of the molecule is C[C@H]1[C@H](F)[C@H](c2cc(F)c3c(N)ncnn23)O[C@@H]1CO. The van der Waals surface area contributed by atoms with Gasteiger partial charge in [0.25, 0.3) is 0 Å². The number of hydrogen-bond donors (Lipinski definition) is 2. The monoisotopic (exact) mass is 284 g/mol. The van der Waals surface area contributed by atoms with Gasteiger partial charge in [-0.05, 0) is 0 Å². The van der Waals surface area contributed by atoms with Gasteiger partial charge in [0.05, 0.1) is 18.4 Å². The summed E-state index contributed by atoms with van der Waals surface area (Å²) in [6.45, 7) is 1.35. The van der Waals surface area contributed by atoms with Gasteiger partial charge in [-0.2, -0.15) is 5.10 Å². The molecule has 4 atom stereocenters. The lowest BCUT2D eigenvalue weighted by Crippen LogP contribution is -2.21. The summed E-state index contributed by atoms with van der Waals surface area (Å²) >= 11 is 0. The van der Waals surface area contributed by atoms with E-state index in [0.717, 1.165) is 6.07 Å². The van der Waals surface area contributed by atoms with E-state index in [0.29, 0.717) is 0 Å². The highest BCUT2D eigenvalue weighted by Crippen LogP contribution is 2.40. The maximum absolute atomic E-state index is 14.3. The molecule has 0 aromatic carbocycles. The lowest BCUT2D eigenvalue weighted by Gasteiger charge is -2.12. The summed E-state index contributed by atoms with van der Waals surface area (Å²) in [5, 5.41) is 13.1. The molecule has 1 fully saturated rings. The van der Waals surface area contributed by atoms with E-state index in [1.54, 1.807) is 6.92 Å². The fraction of sp³-hybridized carbons (Fsp3) is 0.500. The van der Waals surface area contributed by atoms with Crippen molar-refractivity contribution in [2.45, 2.75) is 25.3 Å². The first-order valence-electron chi connectivity index (χ1n) is 6.22. The number of ether oxygens (including phenoxy) is 1. The zero-order chi connectivity index (χ0) is 14.4. The van der Waals surface area contributed by atoms with Crippen LogP contribution in [0.15, 0.2) is 12.4 Å². The van der Waals surface area contributed by atoms with Crippen molar-refractivity contribution in [1.82, 2.24) is 14.6 Å². The number of halogens is 2. The van der Waals surface area contributed by atoms with Gasteiger partial charge in [0.15, 0.2) is 11.6 Å². The molecule has 1 aliphatic heterocycles. The Morgan fingerprint density at radius 3 is 2.95 bits per heavy atom. The molecule has 0 spiro atoms. The molecule has 0 aliphatic carbocycles. The molecule has 0 amide bonds. The van der Waals surface area contributed by atoms with Gasteiger partial charge in [0.2, 0.25) is 0 Å². The van der Waals surface area contributed by atoms with Gasteiger partial charge in [-0.25, -0.2) is 18.3 Å². The van der Waals surface area contributed by atoms with Crippen LogP contribution in [0.4, 0.5) is 14.6 Å². The molecule has 0 unspecified atom stereocenters. The first-order valence-corrected chi connectivity index (χ1v) is 6.22. The van der Waals surface area contributed by atoms with Crippen molar-refractivity contribution in [3.63, 3.8) is 0 Å². The van der Waals surface area contributed by atoms with E-state index >= 15 is 0 Å². The molecule has 1 aliphatic rings. The van der Waals surface area contributed by atoms with Crippen molar-refractivity contribution in [3.05, 3.63) is 23.9 Å². The Labute approximate surface area is 113 Å². The van der Waals surface area contributed by atoms with Gasteiger partial charge in [0.1, 0.15) is 24.1 Å². The number of anilines is 1. The second-order valence-electron chi connectivity index (χ2n) is 4.90. The van der Waals surface area contributed by atoms with Crippen molar-refractivity contribution in [3.8, 4) is 0 Å². The molecule has 0 radical (unpaired) electrons. The lowest BCUT2D eigenvalue weighted by molar-refractivity contribution is -0.00716. The number of rotatable bonds is 2. The highest BCUT2D eigenvalue weighted by molar-refractivity contribution is 5.66. The number of aliphatic hydroxyl groups is 1. The Bertz CT molecular complexity index is 648. The van der Waals surface area contributed by atoms with Crippen LogP contribution in [-0.4, -0.2) is 38.6 Å². The Morgan fingerprint density at radius 1 is 1.55 bits per heavy atom. The quantitative estimate of drug-likeness (QED) is 0.854. The molecular weight excluding hydrogens is 270 g/mol. The van der Waals surface area contributed by atoms with E-state index < -0.39 is 30.1 Å². The predicted molar refractivity (Wildman–Crippen MR) is 66.1 cm³/mol. The second-order valence-corrected chi connectivity index (χ2v) is 4.90. The average Bonchev–Trinajstić information content (AvgIpc) is 2.90. The molecular formula is C12H14F2N4O2. The molecule has 3 N–H and O–H groups in total. The normalized spacial score (nSPS) is 30.2. The van der Waals surface area contributed by atoms with Gasteiger partial charge < -0.3 is 15.6 Å². The molecule has 6 nitrogen and oxygen atoms in total. The van der Waals surface area contributed by atoms with Gasteiger partial charge in [0, 0.05) is 12.0 Å². The summed E-state index contributed by atoms with van der Waals surface area (Å²) in [6.07, 6.45) is -1.81. The minimum absolute atomic E-state index is 0.00148. The number of aromatic nitrogens is 3. The summed E-state index contributed by atoms with van der Waals surface area (Å²) in [5.74, 6) is -1.14. The largest absolute Gasteiger partial charge is 0.394 e. The molecule has 2 aromatic rings. The molecule has 20 heavy (non-hydrogen) atoms. The van der Waals surface area contributed by atoms with Crippen molar-refractivity contribution < 1.29 is 18.6 Å². The Kier molecular flexibility index (Phi) is 3.06. The molecule has 3 heterocycles. The molecule has 108 valence electrons. The molecule has 2 aromatic heterocycles. The summed E-state index contributed by atoms with van der Waals surface area (Å²) in [5.41, 5.74) is 5.82. The van der Waals surface area contributed by atoms with Crippen molar-refractivity contribution in [2.24, 2.45) is 5.92 Å². The maximum Gasteiger partial charge on any atom is 0.154 e. The second kappa shape index (κ2) is 4.64. The molecule has 1 saturated heterocycles. The van der Waals surface area contributed by atoms with Crippen LogP contribution < -0.4 is 5.73 Å². The van der Waals surface area contributed by atoms with Crippen LogP contribution in [0.2, 0.25) is 0 Å². The van der Waals surface area contributed by atoms with E-state index in [9.17, 15) is 8.78 Å². The molecule has 0 bridgehead atoms. The number of nitrogens with zero attached hydrogens (tertiary/aromatic N) is 3. The average molecular weight is 284 g/mol. The summed E-state index contributed by atoms with van der Waals surface area (Å²) in [7, 11) is 0. The van der Waals surface area contributed by atoms with Crippen molar-refractivity contribution in [1.29, 1.82) is 0 Å². The van der Waals surface area contributed by atoms with Crippen LogP contribution in [0.5, 0.6) is 0 Å².